The molecule has 0 amide bonds. The van der Waals surface area contributed by atoms with Crippen LogP contribution in [0.25, 0.3) is 0 Å². The molecule has 6 nitrogen and oxygen atoms in total. The lowest BCUT2D eigenvalue weighted by atomic mass is 9.99. The van der Waals surface area contributed by atoms with Crippen LogP contribution in [0.2, 0.25) is 0 Å². The molecule has 0 radical (unpaired) electrons. The quantitative estimate of drug-likeness (QED) is 0.0346. The molecule has 0 aromatic rings. The van der Waals surface area contributed by atoms with Gasteiger partial charge in [-0.05, 0) is 31.1 Å². The summed E-state index contributed by atoms with van der Waals surface area (Å²) in [4.78, 5) is 37.9. The van der Waals surface area contributed by atoms with Crippen molar-refractivity contribution in [3.8, 4) is 0 Å². The molecule has 0 aliphatic rings. The van der Waals surface area contributed by atoms with Crippen LogP contribution in [-0.2, 0) is 28.6 Å². The number of carbonyl (C=O) groups excluding carboxylic acids is 3. The molecule has 0 saturated carbocycles. The molecule has 344 valence electrons. The van der Waals surface area contributed by atoms with E-state index in [1.54, 1.807) is 0 Å². The Morgan fingerprint density at radius 3 is 0.897 bits per heavy atom. The number of esters is 3. The summed E-state index contributed by atoms with van der Waals surface area (Å²) in [6.45, 7) is 11.4. The van der Waals surface area contributed by atoms with Gasteiger partial charge in [-0.2, -0.15) is 0 Å². The molecule has 0 saturated heterocycles. The summed E-state index contributed by atoms with van der Waals surface area (Å²) in [6, 6.07) is 0. The Hall–Kier alpha value is -1.59. The molecule has 0 heterocycles. The molecule has 0 N–H and O–H groups in total. The molecule has 0 spiro atoms. The molecule has 0 aliphatic carbocycles. The van der Waals surface area contributed by atoms with Gasteiger partial charge in [0.25, 0.3) is 0 Å². The Morgan fingerprint density at radius 1 is 0.345 bits per heavy atom. The number of rotatable bonds is 46. The molecule has 0 bridgehead atoms. The molecule has 6 heteroatoms. The van der Waals surface area contributed by atoms with E-state index in [0.29, 0.717) is 19.3 Å². The fourth-order valence-electron chi connectivity index (χ4n) is 7.75. The van der Waals surface area contributed by atoms with Gasteiger partial charge in [0, 0.05) is 19.3 Å². The van der Waals surface area contributed by atoms with E-state index in [1.807, 2.05) is 0 Å². The summed E-state index contributed by atoms with van der Waals surface area (Å²) in [5.41, 5.74) is 0. The van der Waals surface area contributed by atoms with Gasteiger partial charge in [0.2, 0.25) is 0 Å². The summed E-state index contributed by atoms with van der Waals surface area (Å²) < 4.78 is 16.8. The van der Waals surface area contributed by atoms with Gasteiger partial charge in [0.15, 0.2) is 6.10 Å². The maximum absolute atomic E-state index is 12.8. The van der Waals surface area contributed by atoms with Crippen LogP contribution < -0.4 is 0 Å². The van der Waals surface area contributed by atoms with E-state index >= 15 is 0 Å². The molecule has 3 atom stereocenters. The molecule has 0 aromatic carbocycles. The Labute approximate surface area is 361 Å². The highest BCUT2D eigenvalue weighted by Gasteiger charge is 2.19. The minimum atomic E-state index is -0.762. The Kier molecular flexibility index (Phi) is 43.7. The van der Waals surface area contributed by atoms with Crippen molar-refractivity contribution >= 4 is 17.9 Å². The highest BCUT2D eigenvalue weighted by Crippen LogP contribution is 2.18. The van der Waals surface area contributed by atoms with E-state index in [-0.39, 0.29) is 31.1 Å². The average Bonchev–Trinajstić information content (AvgIpc) is 3.22. The SMILES string of the molecule is CCCCCCCCCCCCCCCCC(=O)O[C@H](COC(=O)CCCCCCCCCCCCC(C)CC)COC(=O)CCCCCCCCCCC(C)CC. The largest absolute Gasteiger partial charge is 0.462 e. The van der Waals surface area contributed by atoms with Crippen LogP contribution in [0, 0.1) is 11.8 Å². The topological polar surface area (TPSA) is 78.9 Å². The third-order valence-corrected chi connectivity index (χ3v) is 12.4. The van der Waals surface area contributed by atoms with Gasteiger partial charge < -0.3 is 14.2 Å². The molecule has 58 heavy (non-hydrogen) atoms. The zero-order valence-corrected chi connectivity index (χ0v) is 39.7. The number of carbonyl (C=O) groups is 3. The van der Waals surface area contributed by atoms with E-state index in [1.165, 1.54) is 173 Å². The maximum atomic E-state index is 12.8. The van der Waals surface area contributed by atoms with Crippen molar-refractivity contribution in [2.24, 2.45) is 11.8 Å². The minimum Gasteiger partial charge on any atom is -0.462 e. The zero-order chi connectivity index (χ0) is 42.6. The summed E-state index contributed by atoms with van der Waals surface area (Å²) in [6.07, 6.45) is 45.0. The monoisotopic (exact) mass is 821 g/mol. The van der Waals surface area contributed by atoms with Gasteiger partial charge in [-0.3, -0.25) is 14.4 Å². The number of hydrogen-bond acceptors (Lipinski definition) is 6. The normalized spacial score (nSPS) is 13.0. The molecular weight excluding hydrogens is 721 g/mol. The first-order valence-corrected chi connectivity index (χ1v) is 25.8. The smallest absolute Gasteiger partial charge is 0.306 e. The van der Waals surface area contributed by atoms with Crippen molar-refractivity contribution in [3.05, 3.63) is 0 Å². The number of hydrogen-bond donors (Lipinski definition) is 0. The average molecular weight is 821 g/mol. The van der Waals surface area contributed by atoms with E-state index in [0.717, 1.165) is 69.6 Å². The summed E-state index contributed by atoms with van der Waals surface area (Å²) in [7, 11) is 0. The van der Waals surface area contributed by atoms with Crippen molar-refractivity contribution in [3.63, 3.8) is 0 Å². The minimum absolute atomic E-state index is 0.0642. The van der Waals surface area contributed by atoms with Crippen molar-refractivity contribution in [1.82, 2.24) is 0 Å². The predicted octanol–water partition coefficient (Wildman–Crippen LogP) is 16.5. The number of unbranched alkanes of at least 4 members (excludes halogenated alkanes) is 29. The standard InChI is InChI=1S/C52H100O6/c1-6-9-10-11-12-13-14-15-16-17-22-29-34-39-44-52(55)58-49(46-57-51(54)43-38-33-28-24-23-26-31-36-41-48(5)8-3)45-56-50(53)42-37-32-27-21-19-18-20-25-30-35-40-47(4)7-2/h47-49H,6-46H2,1-5H3/t47?,48?,49-/m1/s1. The zero-order valence-electron chi connectivity index (χ0n) is 39.7. The fraction of sp³-hybridized carbons (Fsp3) is 0.942. The first-order chi connectivity index (χ1) is 28.3. The van der Waals surface area contributed by atoms with Crippen LogP contribution in [-0.4, -0.2) is 37.2 Å². The predicted molar refractivity (Wildman–Crippen MR) is 247 cm³/mol. The first kappa shape index (κ1) is 56.4. The Balaban J connectivity index is 4.34. The second kappa shape index (κ2) is 44.9. The molecule has 0 aliphatic heterocycles. The van der Waals surface area contributed by atoms with Gasteiger partial charge >= 0.3 is 17.9 Å². The first-order valence-electron chi connectivity index (χ1n) is 25.8. The summed E-state index contributed by atoms with van der Waals surface area (Å²) in [5, 5.41) is 0. The highest BCUT2D eigenvalue weighted by atomic mass is 16.6. The molecule has 2 unspecified atom stereocenters. The molecule has 0 fully saturated rings. The second-order valence-electron chi connectivity index (χ2n) is 18.3. The van der Waals surface area contributed by atoms with E-state index < -0.39 is 6.10 Å². The fourth-order valence-corrected chi connectivity index (χ4v) is 7.75. The highest BCUT2D eigenvalue weighted by molar-refractivity contribution is 5.71. The van der Waals surface area contributed by atoms with Crippen molar-refractivity contribution in [1.29, 1.82) is 0 Å². The Morgan fingerprint density at radius 2 is 0.603 bits per heavy atom. The van der Waals surface area contributed by atoms with E-state index in [4.69, 9.17) is 14.2 Å². The third kappa shape index (κ3) is 42.5. The van der Waals surface area contributed by atoms with Crippen LogP contribution in [0.4, 0.5) is 0 Å². The lowest BCUT2D eigenvalue weighted by molar-refractivity contribution is -0.167. The molecular formula is C52H100O6. The van der Waals surface area contributed by atoms with Crippen LogP contribution >= 0.6 is 0 Å². The van der Waals surface area contributed by atoms with Gasteiger partial charge in [-0.1, -0.05) is 247 Å². The number of ether oxygens (including phenoxy) is 3. The lowest BCUT2D eigenvalue weighted by Gasteiger charge is -2.18. The van der Waals surface area contributed by atoms with Gasteiger partial charge in [0.05, 0.1) is 0 Å². The van der Waals surface area contributed by atoms with Crippen molar-refractivity contribution < 1.29 is 28.6 Å². The Bertz CT molecular complexity index is 889. The summed E-state index contributed by atoms with van der Waals surface area (Å²) in [5.74, 6) is 0.868. The summed E-state index contributed by atoms with van der Waals surface area (Å²) >= 11 is 0. The molecule has 0 aromatic heterocycles. The van der Waals surface area contributed by atoms with Crippen LogP contribution in [0.1, 0.15) is 285 Å². The van der Waals surface area contributed by atoms with Gasteiger partial charge in [0.1, 0.15) is 13.2 Å². The maximum Gasteiger partial charge on any atom is 0.306 e. The third-order valence-electron chi connectivity index (χ3n) is 12.4. The van der Waals surface area contributed by atoms with Crippen molar-refractivity contribution in [2.75, 3.05) is 13.2 Å². The van der Waals surface area contributed by atoms with Crippen LogP contribution in [0.15, 0.2) is 0 Å². The van der Waals surface area contributed by atoms with E-state index in [2.05, 4.69) is 34.6 Å². The lowest BCUT2D eigenvalue weighted by Crippen LogP contribution is -2.30. The van der Waals surface area contributed by atoms with Crippen LogP contribution in [0.3, 0.4) is 0 Å². The van der Waals surface area contributed by atoms with Crippen LogP contribution in [0.5, 0.6) is 0 Å². The van der Waals surface area contributed by atoms with Crippen molar-refractivity contribution in [2.45, 2.75) is 291 Å². The van der Waals surface area contributed by atoms with E-state index in [9.17, 15) is 14.4 Å². The van der Waals surface area contributed by atoms with Gasteiger partial charge in [-0.15, -0.1) is 0 Å². The second-order valence-corrected chi connectivity index (χ2v) is 18.3. The van der Waals surface area contributed by atoms with Gasteiger partial charge in [-0.25, -0.2) is 0 Å². The molecule has 0 rings (SSSR count).